The van der Waals surface area contributed by atoms with Gasteiger partial charge in [0.25, 0.3) is 0 Å². The molecule has 0 radical (unpaired) electrons. The molecule has 0 saturated heterocycles. The van der Waals surface area contributed by atoms with Crippen molar-refractivity contribution in [3.05, 3.63) is 60.2 Å². The second-order valence-corrected chi connectivity index (χ2v) is 3.37. The van der Waals surface area contributed by atoms with Crippen molar-refractivity contribution >= 4 is 0 Å². The fourth-order valence-corrected chi connectivity index (χ4v) is 1.38. The molecule has 0 heterocycles. The Morgan fingerprint density at radius 2 is 1.50 bits per heavy atom. The monoisotopic (exact) mass is 217 g/mol. The van der Waals surface area contributed by atoms with E-state index < -0.39 is 0 Å². The van der Waals surface area contributed by atoms with Crippen LogP contribution in [0.3, 0.4) is 0 Å². The summed E-state index contributed by atoms with van der Waals surface area (Å²) in [5.74, 6) is 1.53. The van der Waals surface area contributed by atoms with Crippen LogP contribution in [-0.2, 0) is 6.54 Å². The van der Waals surface area contributed by atoms with Crippen molar-refractivity contribution in [1.29, 1.82) is 0 Å². The Morgan fingerprint density at radius 3 is 2.12 bits per heavy atom. The minimum absolute atomic E-state index is 0.214. The van der Waals surface area contributed by atoms with Gasteiger partial charge in [0, 0.05) is 0 Å². The molecule has 0 saturated carbocycles. The van der Waals surface area contributed by atoms with Crippen molar-refractivity contribution in [1.82, 2.24) is 5.54 Å². The van der Waals surface area contributed by atoms with Crippen molar-refractivity contribution < 1.29 is 9.22 Å². The highest BCUT2D eigenvalue weighted by molar-refractivity contribution is 5.32. The summed E-state index contributed by atoms with van der Waals surface area (Å²) in [7, 11) is 0. The molecule has 0 aliphatic carbocycles. The lowest BCUT2D eigenvalue weighted by molar-refractivity contribution is 0.330. The molecule has 2 aromatic rings. The van der Waals surface area contributed by atoms with Crippen LogP contribution in [0.25, 0.3) is 0 Å². The Balaban J connectivity index is 2.05. The summed E-state index contributed by atoms with van der Waals surface area (Å²) in [6, 6.07) is 16.8. The topological polar surface area (TPSA) is 21.3 Å². The minimum Gasteiger partial charge on any atom is -0.457 e. The molecule has 3 heteroatoms. The van der Waals surface area contributed by atoms with E-state index in [1.54, 1.807) is 5.54 Å². The van der Waals surface area contributed by atoms with Gasteiger partial charge in [0.1, 0.15) is 11.5 Å². The number of ether oxygens (including phenoxy) is 1. The van der Waals surface area contributed by atoms with E-state index in [0.717, 1.165) is 17.1 Å². The third kappa shape index (κ3) is 2.81. The van der Waals surface area contributed by atoms with Gasteiger partial charge in [0.2, 0.25) is 0 Å². The van der Waals surface area contributed by atoms with Gasteiger partial charge in [-0.05, 0) is 29.8 Å². The van der Waals surface area contributed by atoms with E-state index in [9.17, 15) is 4.48 Å². The predicted octanol–water partition coefficient (Wildman–Crippen LogP) is 3.45. The standard InChI is InChI=1S/C13H12FNO/c14-15-10-11-6-8-13(9-7-11)16-12-4-2-1-3-5-12/h1-9,15H,10H2. The number of hydrogen-bond acceptors (Lipinski definition) is 2. The van der Waals surface area contributed by atoms with E-state index in [0.29, 0.717) is 0 Å². The molecule has 0 fully saturated rings. The summed E-state index contributed by atoms with van der Waals surface area (Å²) in [6.45, 7) is 0.214. The summed E-state index contributed by atoms with van der Waals surface area (Å²) >= 11 is 0. The highest BCUT2D eigenvalue weighted by atomic mass is 19.2. The van der Waals surface area contributed by atoms with Gasteiger partial charge in [-0.15, -0.1) is 4.48 Å². The zero-order valence-electron chi connectivity index (χ0n) is 8.69. The van der Waals surface area contributed by atoms with Crippen LogP contribution in [0.1, 0.15) is 5.56 Å². The van der Waals surface area contributed by atoms with Crippen LogP contribution in [0.2, 0.25) is 0 Å². The smallest absolute Gasteiger partial charge is 0.127 e. The van der Waals surface area contributed by atoms with Gasteiger partial charge in [-0.1, -0.05) is 30.3 Å². The molecule has 0 aliphatic heterocycles. The summed E-state index contributed by atoms with van der Waals surface area (Å²) in [6.07, 6.45) is 0. The summed E-state index contributed by atoms with van der Waals surface area (Å²) < 4.78 is 17.4. The zero-order chi connectivity index (χ0) is 11.2. The number of nitrogens with one attached hydrogen (secondary N) is 1. The minimum atomic E-state index is 0.214. The third-order valence-electron chi connectivity index (χ3n) is 2.17. The van der Waals surface area contributed by atoms with Crippen molar-refractivity contribution in [2.24, 2.45) is 0 Å². The molecular formula is C13H12FNO. The Labute approximate surface area is 93.6 Å². The molecule has 0 unspecified atom stereocenters. The van der Waals surface area contributed by atoms with Crippen LogP contribution in [0, 0.1) is 0 Å². The Kier molecular flexibility index (Phi) is 3.51. The molecule has 1 N–H and O–H groups in total. The van der Waals surface area contributed by atoms with E-state index >= 15 is 0 Å². The maximum atomic E-state index is 11.8. The quantitative estimate of drug-likeness (QED) is 0.792. The fraction of sp³-hybridized carbons (Fsp3) is 0.0769. The first kappa shape index (κ1) is 10.6. The number of halogens is 1. The average molecular weight is 217 g/mol. The van der Waals surface area contributed by atoms with E-state index in [1.807, 2.05) is 54.6 Å². The van der Waals surface area contributed by atoms with Gasteiger partial charge < -0.3 is 4.74 Å². The van der Waals surface area contributed by atoms with E-state index in [1.165, 1.54) is 0 Å². The SMILES string of the molecule is FNCc1ccc(Oc2ccccc2)cc1. The molecular weight excluding hydrogens is 205 g/mol. The van der Waals surface area contributed by atoms with Gasteiger partial charge in [-0.2, -0.15) is 5.54 Å². The first-order chi connectivity index (χ1) is 7.88. The van der Waals surface area contributed by atoms with Gasteiger partial charge >= 0.3 is 0 Å². The van der Waals surface area contributed by atoms with Gasteiger partial charge in [-0.3, -0.25) is 0 Å². The van der Waals surface area contributed by atoms with E-state index in [4.69, 9.17) is 4.74 Å². The molecule has 2 rings (SSSR count). The molecule has 2 nitrogen and oxygen atoms in total. The van der Waals surface area contributed by atoms with Crippen LogP contribution >= 0.6 is 0 Å². The normalized spacial score (nSPS) is 10.1. The molecule has 16 heavy (non-hydrogen) atoms. The molecule has 0 bridgehead atoms. The highest BCUT2D eigenvalue weighted by Crippen LogP contribution is 2.20. The molecule has 0 aromatic heterocycles. The second-order valence-electron chi connectivity index (χ2n) is 3.37. The molecule has 2 aromatic carbocycles. The summed E-state index contributed by atoms with van der Waals surface area (Å²) in [4.78, 5) is 0. The largest absolute Gasteiger partial charge is 0.457 e. The maximum Gasteiger partial charge on any atom is 0.127 e. The fourth-order valence-electron chi connectivity index (χ4n) is 1.38. The van der Waals surface area contributed by atoms with Crippen molar-refractivity contribution in [2.75, 3.05) is 0 Å². The lowest BCUT2D eigenvalue weighted by Gasteiger charge is -2.05. The Hall–Kier alpha value is -1.87. The first-order valence-electron chi connectivity index (χ1n) is 5.04. The lowest BCUT2D eigenvalue weighted by Crippen LogP contribution is -1.98. The third-order valence-corrected chi connectivity index (χ3v) is 2.17. The van der Waals surface area contributed by atoms with Crippen LogP contribution in [-0.4, -0.2) is 0 Å². The molecule has 0 spiro atoms. The van der Waals surface area contributed by atoms with Gasteiger partial charge in [0.05, 0.1) is 6.54 Å². The Bertz CT molecular complexity index is 427. The van der Waals surface area contributed by atoms with E-state index in [-0.39, 0.29) is 6.54 Å². The molecule has 82 valence electrons. The first-order valence-corrected chi connectivity index (χ1v) is 5.04. The molecule has 0 atom stereocenters. The van der Waals surface area contributed by atoms with Gasteiger partial charge in [0.15, 0.2) is 0 Å². The molecule has 0 aliphatic rings. The summed E-state index contributed by atoms with van der Waals surface area (Å²) in [5.41, 5.74) is 2.49. The summed E-state index contributed by atoms with van der Waals surface area (Å²) in [5, 5.41) is 0. The maximum absolute atomic E-state index is 11.8. The lowest BCUT2D eigenvalue weighted by atomic mass is 10.2. The van der Waals surface area contributed by atoms with E-state index in [2.05, 4.69) is 0 Å². The van der Waals surface area contributed by atoms with Crippen molar-refractivity contribution in [3.8, 4) is 11.5 Å². The van der Waals surface area contributed by atoms with Crippen LogP contribution in [0.15, 0.2) is 54.6 Å². The highest BCUT2D eigenvalue weighted by Gasteiger charge is 1.96. The molecule has 0 amide bonds. The Morgan fingerprint density at radius 1 is 0.875 bits per heavy atom. The van der Waals surface area contributed by atoms with Crippen LogP contribution in [0.4, 0.5) is 4.48 Å². The average Bonchev–Trinajstić information content (AvgIpc) is 2.33. The number of rotatable bonds is 4. The number of para-hydroxylation sites is 1. The van der Waals surface area contributed by atoms with Crippen molar-refractivity contribution in [2.45, 2.75) is 6.54 Å². The van der Waals surface area contributed by atoms with Gasteiger partial charge in [-0.25, -0.2) is 0 Å². The number of benzene rings is 2. The van der Waals surface area contributed by atoms with Crippen LogP contribution in [0.5, 0.6) is 11.5 Å². The van der Waals surface area contributed by atoms with Crippen LogP contribution < -0.4 is 10.3 Å². The zero-order valence-corrected chi connectivity index (χ0v) is 8.69. The number of hydrogen-bond donors (Lipinski definition) is 1. The van der Waals surface area contributed by atoms with Crippen molar-refractivity contribution in [3.63, 3.8) is 0 Å². The predicted molar refractivity (Wildman–Crippen MR) is 60.9 cm³/mol. The second kappa shape index (κ2) is 5.28.